The summed E-state index contributed by atoms with van der Waals surface area (Å²) in [5.41, 5.74) is 0.979. The molecule has 1 aromatic rings. The lowest BCUT2D eigenvalue weighted by atomic mass is 10.0. The molecular formula is C26H42O4. The fourth-order valence-electron chi connectivity index (χ4n) is 3.48. The first kappa shape index (κ1) is 26.2. The SMILES string of the molecule is CCCCCCCCOc1cc(C(C)=O)c(OCCCCCCCC)cc1C(C)=O. The quantitative estimate of drug-likeness (QED) is 0.182. The van der Waals surface area contributed by atoms with Crippen LogP contribution < -0.4 is 9.47 Å². The van der Waals surface area contributed by atoms with Crippen LogP contribution in [0.4, 0.5) is 0 Å². The average Bonchev–Trinajstić information content (AvgIpc) is 2.72. The van der Waals surface area contributed by atoms with Crippen molar-refractivity contribution in [3.63, 3.8) is 0 Å². The highest BCUT2D eigenvalue weighted by Crippen LogP contribution is 2.30. The first-order valence-electron chi connectivity index (χ1n) is 12.0. The number of carbonyl (C=O) groups excluding carboxylic acids is 2. The minimum atomic E-state index is -0.0764. The predicted octanol–water partition coefficient (Wildman–Crippen LogP) is 7.57. The maximum Gasteiger partial charge on any atom is 0.163 e. The predicted molar refractivity (Wildman–Crippen MR) is 124 cm³/mol. The van der Waals surface area contributed by atoms with Gasteiger partial charge in [0.2, 0.25) is 0 Å². The van der Waals surface area contributed by atoms with Gasteiger partial charge in [0.1, 0.15) is 11.5 Å². The molecule has 4 heteroatoms. The van der Waals surface area contributed by atoms with E-state index in [4.69, 9.17) is 9.47 Å². The third-order valence-electron chi connectivity index (χ3n) is 5.35. The second-order valence-corrected chi connectivity index (χ2v) is 8.19. The number of ether oxygens (including phenoxy) is 2. The summed E-state index contributed by atoms with van der Waals surface area (Å²) in [5.74, 6) is 0.835. The van der Waals surface area contributed by atoms with Crippen molar-refractivity contribution < 1.29 is 19.1 Å². The molecule has 0 atom stereocenters. The maximum atomic E-state index is 12.2. The van der Waals surface area contributed by atoms with Crippen LogP contribution >= 0.6 is 0 Å². The Morgan fingerprint density at radius 2 is 0.933 bits per heavy atom. The van der Waals surface area contributed by atoms with Gasteiger partial charge < -0.3 is 9.47 Å². The number of ketones is 2. The molecule has 0 heterocycles. The molecule has 0 unspecified atom stereocenters. The molecule has 0 N–H and O–H groups in total. The van der Waals surface area contributed by atoms with E-state index in [2.05, 4.69) is 13.8 Å². The number of unbranched alkanes of at least 4 members (excludes halogenated alkanes) is 10. The Labute approximate surface area is 183 Å². The second-order valence-electron chi connectivity index (χ2n) is 8.19. The van der Waals surface area contributed by atoms with E-state index in [0.29, 0.717) is 35.8 Å². The lowest BCUT2D eigenvalue weighted by molar-refractivity contribution is 0.0994. The van der Waals surface area contributed by atoms with Crippen LogP contribution in [-0.2, 0) is 0 Å². The smallest absolute Gasteiger partial charge is 0.163 e. The van der Waals surface area contributed by atoms with Gasteiger partial charge in [-0.05, 0) is 38.8 Å². The highest BCUT2D eigenvalue weighted by atomic mass is 16.5. The van der Waals surface area contributed by atoms with Crippen molar-refractivity contribution in [2.24, 2.45) is 0 Å². The van der Waals surface area contributed by atoms with E-state index in [9.17, 15) is 9.59 Å². The molecular weight excluding hydrogens is 376 g/mol. The van der Waals surface area contributed by atoms with E-state index in [0.717, 1.165) is 25.7 Å². The summed E-state index contributed by atoms with van der Waals surface area (Å²) in [7, 11) is 0. The third kappa shape index (κ3) is 10.3. The highest BCUT2D eigenvalue weighted by molar-refractivity contribution is 6.02. The Morgan fingerprint density at radius 3 is 1.27 bits per heavy atom. The largest absolute Gasteiger partial charge is 0.493 e. The van der Waals surface area contributed by atoms with Crippen LogP contribution in [0.3, 0.4) is 0 Å². The maximum absolute atomic E-state index is 12.2. The van der Waals surface area contributed by atoms with Gasteiger partial charge >= 0.3 is 0 Å². The van der Waals surface area contributed by atoms with E-state index < -0.39 is 0 Å². The summed E-state index contributed by atoms with van der Waals surface area (Å²) in [5, 5.41) is 0. The molecule has 0 radical (unpaired) electrons. The molecule has 0 amide bonds. The Kier molecular flexibility index (Phi) is 13.9. The van der Waals surface area contributed by atoms with Crippen LogP contribution in [0.25, 0.3) is 0 Å². The molecule has 0 spiro atoms. The minimum absolute atomic E-state index is 0.0764. The van der Waals surface area contributed by atoms with Gasteiger partial charge in [0.05, 0.1) is 24.3 Å². The number of hydrogen-bond acceptors (Lipinski definition) is 4. The minimum Gasteiger partial charge on any atom is -0.493 e. The standard InChI is InChI=1S/C26H42O4/c1-5-7-9-11-13-15-17-29-25-19-24(22(4)28)26(20-23(25)21(3)27)30-18-16-14-12-10-8-6-2/h19-20H,5-18H2,1-4H3. The van der Waals surface area contributed by atoms with Gasteiger partial charge in [-0.2, -0.15) is 0 Å². The lowest BCUT2D eigenvalue weighted by Crippen LogP contribution is -2.09. The molecule has 30 heavy (non-hydrogen) atoms. The van der Waals surface area contributed by atoms with Crippen molar-refractivity contribution in [2.75, 3.05) is 13.2 Å². The molecule has 1 aromatic carbocycles. The van der Waals surface area contributed by atoms with Crippen molar-refractivity contribution in [1.29, 1.82) is 0 Å². The van der Waals surface area contributed by atoms with E-state index in [1.54, 1.807) is 12.1 Å². The third-order valence-corrected chi connectivity index (χ3v) is 5.35. The van der Waals surface area contributed by atoms with Crippen LogP contribution in [0.2, 0.25) is 0 Å². The molecule has 0 saturated heterocycles. The number of carbonyl (C=O) groups is 2. The fraction of sp³-hybridized carbons (Fsp3) is 0.692. The van der Waals surface area contributed by atoms with E-state index in [1.165, 1.54) is 65.2 Å². The van der Waals surface area contributed by atoms with Crippen LogP contribution in [-0.4, -0.2) is 24.8 Å². The first-order valence-corrected chi connectivity index (χ1v) is 12.0. The molecule has 0 aliphatic heterocycles. The molecule has 0 aromatic heterocycles. The molecule has 1 rings (SSSR count). The summed E-state index contributed by atoms with van der Waals surface area (Å²) >= 11 is 0. The summed E-state index contributed by atoms with van der Waals surface area (Å²) in [4.78, 5) is 24.3. The average molecular weight is 419 g/mol. The molecule has 0 aliphatic rings. The second kappa shape index (κ2) is 15.9. The first-order chi connectivity index (χ1) is 14.5. The zero-order chi connectivity index (χ0) is 22.2. The molecule has 0 saturated carbocycles. The van der Waals surface area contributed by atoms with Crippen LogP contribution in [0.15, 0.2) is 12.1 Å². The normalized spacial score (nSPS) is 10.8. The van der Waals surface area contributed by atoms with Gasteiger partial charge in [-0.1, -0.05) is 78.1 Å². The zero-order valence-electron chi connectivity index (χ0n) is 19.7. The zero-order valence-corrected chi connectivity index (χ0v) is 19.7. The Hall–Kier alpha value is -1.84. The molecule has 0 bridgehead atoms. The summed E-state index contributed by atoms with van der Waals surface area (Å²) < 4.78 is 11.8. The van der Waals surface area contributed by atoms with Crippen LogP contribution in [0.1, 0.15) is 125 Å². The molecule has 170 valence electrons. The van der Waals surface area contributed by atoms with Crippen molar-refractivity contribution in [3.05, 3.63) is 23.3 Å². The van der Waals surface area contributed by atoms with Crippen LogP contribution in [0.5, 0.6) is 11.5 Å². The van der Waals surface area contributed by atoms with Gasteiger partial charge in [-0.15, -0.1) is 0 Å². The van der Waals surface area contributed by atoms with Gasteiger partial charge in [0, 0.05) is 0 Å². The molecule has 4 nitrogen and oxygen atoms in total. The Balaban J connectivity index is 2.68. The van der Waals surface area contributed by atoms with Crippen molar-refractivity contribution in [3.8, 4) is 11.5 Å². The lowest BCUT2D eigenvalue weighted by Gasteiger charge is -2.16. The molecule has 0 aliphatic carbocycles. The van der Waals surface area contributed by atoms with Crippen molar-refractivity contribution in [1.82, 2.24) is 0 Å². The number of rotatable bonds is 18. The van der Waals surface area contributed by atoms with Crippen molar-refractivity contribution in [2.45, 2.75) is 105 Å². The Morgan fingerprint density at radius 1 is 0.600 bits per heavy atom. The van der Waals surface area contributed by atoms with Gasteiger partial charge in [-0.3, -0.25) is 9.59 Å². The number of benzene rings is 1. The highest BCUT2D eigenvalue weighted by Gasteiger charge is 2.18. The summed E-state index contributed by atoms with van der Waals surface area (Å²) in [6.07, 6.45) is 14.1. The fourth-order valence-corrected chi connectivity index (χ4v) is 3.48. The van der Waals surface area contributed by atoms with Gasteiger partial charge in [0.25, 0.3) is 0 Å². The van der Waals surface area contributed by atoms with E-state index in [1.807, 2.05) is 0 Å². The van der Waals surface area contributed by atoms with Crippen LogP contribution in [0, 0.1) is 0 Å². The Bertz CT molecular complexity index is 580. The summed E-state index contributed by atoms with van der Waals surface area (Å²) in [6, 6.07) is 3.37. The van der Waals surface area contributed by atoms with E-state index in [-0.39, 0.29) is 11.6 Å². The van der Waals surface area contributed by atoms with Gasteiger partial charge in [0.15, 0.2) is 11.6 Å². The number of hydrogen-bond donors (Lipinski definition) is 0. The topological polar surface area (TPSA) is 52.6 Å². The molecule has 0 fully saturated rings. The number of Topliss-reactive ketones (excluding diaryl/α,β-unsaturated/α-hetero) is 2. The van der Waals surface area contributed by atoms with Crippen molar-refractivity contribution >= 4 is 11.6 Å². The van der Waals surface area contributed by atoms with E-state index >= 15 is 0 Å². The van der Waals surface area contributed by atoms with Gasteiger partial charge in [-0.25, -0.2) is 0 Å². The monoisotopic (exact) mass is 418 g/mol. The summed E-state index contributed by atoms with van der Waals surface area (Å²) in [6.45, 7) is 8.58.